The molecule has 4 N–H and O–H groups in total. The van der Waals surface area contributed by atoms with Crippen molar-refractivity contribution in [1.29, 1.82) is 0 Å². The molecule has 0 aliphatic rings. The molecule has 0 aliphatic heterocycles. The van der Waals surface area contributed by atoms with E-state index in [0.717, 1.165) is 11.3 Å². The molecule has 0 bridgehead atoms. The number of aryl methyl sites for hydroxylation is 1. The fourth-order valence-corrected chi connectivity index (χ4v) is 1.99. The Morgan fingerprint density at radius 1 is 1.15 bits per heavy atom. The molecule has 2 rings (SSSR count). The molecule has 0 aliphatic carbocycles. The largest absolute Gasteiger partial charge is 0.340 e. The molecule has 7 heteroatoms. The molecule has 0 fully saturated rings. The molecule has 0 atom stereocenters. The van der Waals surface area contributed by atoms with Crippen molar-refractivity contribution in [1.82, 2.24) is 9.97 Å². The van der Waals surface area contributed by atoms with Gasteiger partial charge in [0.15, 0.2) is 0 Å². The highest BCUT2D eigenvalue weighted by molar-refractivity contribution is 6.42. The maximum atomic E-state index is 6.00. The van der Waals surface area contributed by atoms with E-state index in [9.17, 15) is 0 Å². The maximum Gasteiger partial charge on any atom is 0.148 e. The number of hydrazine groups is 1. The van der Waals surface area contributed by atoms with Crippen molar-refractivity contribution in [2.75, 3.05) is 10.7 Å². The topological polar surface area (TPSA) is 75.9 Å². The lowest BCUT2D eigenvalue weighted by molar-refractivity contribution is 0.932. The van der Waals surface area contributed by atoms with Gasteiger partial charge in [0.05, 0.1) is 10.0 Å². The molecular formula is C13H15Cl2N5. The SMILES string of the molecule is CCc1nc(NN)c(C)c(Nc2ccc(Cl)c(Cl)c2)n1. The highest BCUT2D eigenvalue weighted by Crippen LogP contribution is 2.28. The minimum atomic E-state index is 0.483. The first-order chi connectivity index (χ1) is 9.55. The highest BCUT2D eigenvalue weighted by Gasteiger charge is 2.10. The first-order valence-corrected chi connectivity index (χ1v) is 6.87. The van der Waals surface area contributed by atoms with Crippen LogP contribution in [0.15, 0.2) is 18.2 Å². The number of anilines is 3. The third-order valence-corrected chi connectivity index (χ3v) is 3.57. The average Bonchev–Trinajstić information content (AvgIpc) is 2.45. The molecule has 1 aromatic carbocycles. The van der Waals surface area contributed by atoms with Crippen LogP contribution in [-0.2, 0) is 6.42 Å². The second-order valence-electron chi connectivity index (χ2n) is 4.21. The smallest absolute Gasteiger partial charge is 0.148 e. The zero-order valence-corrected chi connectivity index (χ0v) is 12.7. The Morgan fingerprint density at radius 3 is 2.45 bits per heavy atom. The molecule has 1 heterocycles. The van der Waals surface area contributed by atoms with E-state index in [2.05, 4.69) is 20.7 Å². The number of rotatable bonds is 4. The van der Waals surface area contributed by atoms with Crippen molar-refractivity contribution in [2.24, 2.45) is 5.84 Å². The summed E-state index contributed by atoms with van der Waals surface area (Å²) in [5, 5.41) is 4.19. The van der Waals surface area contributed by atoms with Crippen molar-refractivity contribution < 1.29 is 0 Å². The van der Waals surface area contributed by atoms with E-state index in [0.29, 0.717) is 33.9 Å². The lowest BCUT2D eigenvalue weighted by atomic mass is 10.2. The normalized spacial score (nSPS) is 10.4. The van der Waals surface area contributed by atoms with Crippen LogP contribution in [0.3, 0.4) is 0 Å². The second-order valence-corrected chi connectivity index (χ2v) is 5.03. The summed E-state index contributed by atoms with van der Waals surface area (Å²) in [4.78, 5) is 8.76. The molecule has 0 radical (unpaired) electrons. The Bertz CT molecular complexity index is 630. The van der Waals surface area contributed by atoms with Gasteiger partial charge in [-0.15, -0.1) is 0 Å². The van der Waals surface area contributed by atoms with Crippen LogP contribution in [0.25, 0.3) is 0 Å². The molecule has 0 unspecified atom stereocenters. The fourth-order valence-electron chi connectivity index (χ4n) is 1.69. The highest BCUT2D eigenvalue weighted by atomic mass is 35.5. The van der Waals surface area contributed by atoms with E-state index in [1.807, 2.05) is 19.9 Å². The van der Waals surface area contributed by atoms with Crippen LogP contribution >= 0.6 is 23.2 Å². The van der Waals surface area contributed by atoms with Gasteiger partial charge in [-0.25, -0.2) is 15.8 Å². The number of nitrogens with one attached hydrogen (secondary N) is 2. The van der Waals surface area contributed by atoms with Gasteiger partial charge in [-0.2, -0.15) is 0 Å². The molecular weight excluding hydrogens is 297 g/mol. The zero-order chi connectivity index (χ0) is 14.7. The molecule has 0 spiro atoms. The van der Waals surface area contributed by atoms with Crippen LogP contribution in [0, 0.1) is 6.92 Å². The molecule has 0 saturated carbocycles. The molecule has 0 saturated heterocycles. The van der Waals surface area contributed by atoms with Crippen LogP contribution in [0.2, 0.25) is 10.0 Å². The summed E-state index contributed by atoms with van der Waals surface area (Å²) in [6.45, 7) is 3.86. The standard InChI is InChI=1S/C13H15Cl2N5/c1-3-11-18-12(7(2)13(19-11)20-16)17-8-4-5-9(14)10(15)6-8/h4-6H,3,16H2,1-2H3,(H2,17,18,19,20). The van der Waals surface area contributed by atoms with Gasteiger partial charge in [0.1, 0.15) is 17.5 Å². The Labute approximate surface area is 127 Å². The monoisotopic (exact) mass is 311 g/mol. The molecule has 1 aromatic heterocycles. The van der Waals surface area contributed by atoms with Crippen LogP contribution in [0.5, 0.6) is 0 Å². The maximum absolute atomic E-state index is 6.00. The predicted octanol–water partition coefficient (Wildman–Crippen LogP) is 3.68. The predicted molar refractivity (Wildman–Crippen MR) is 83.7 cm³/mol. The quantitative estimate of drug-likeness (QED) is 0.593. The summed E-state index contributed by atoms with van der Waals surface area (Å²) in [5.74, 6) is 7.45. The summed E-state index contributed by atoms with van der Waals surface area (Å²) in [7, 11) is 0. The van der Waals surface area contributed by atoms with Crippen LogP contribution in [-0.4, -0.2) is 9.97 Å². The minimum absolute atomic E-state index is 0.483. The number of benzene rings is 1. The van der Waals surface area contributed by atoms with Gasteiger partial charge in [-0.05, 0) is 25.1 Å². The number of hydrogen-bond donors (Lipinski definition) is 3. The van der Waals surface area contributed by atoms with Crippen molar-refractivity contribution in [3.63, 3.8) is 0 Å². The van der Waals surface area contributed by atoms with Gasteiger partial charge in [-0.3, -0.25) is 0 Å². The van der Waals surface area contributed by atoms with E-state index in [4.69, 9.17) is 29.0 Å². The van der Waals surface area contributed by atoms with E-state index >= 15 is 0 Å². The number of halogens is 2. The van der Waals surface area contributed by atoms with Crippen LogP contribution in [0.4, 0.5) is 17.3 Å². The van der Waals surface area contributed by atoms with Gasteiger partial charge in [0.25, 0.3) is 0 Å². The summed E-state index contributed by atoms with van der Waals surface area (Å²) in [6.07, 6.45) is 0.713. The van der Waals surface area contributed by atoms with Gasteiger partial charge < -0.3 is 10.7 Å². The molecule has 5 nitrogen and oxygen atoms in total. The first kappa shape index (κ1) is 14.8. The lowest BCUT2D eigenvalue weighted by Crippen LogP contribution is -2.13. The van der Waals surface area contributed by atoms with E-state index in [-0.39, 0.29) is 0 Å². The third-order valence-electron chi connectivity index (χ3n) is 2.83. The van der Waals surface area contributed by atoms with Crippen LogP contribution in [0.1, 0.15) is 18.3 Å². The molecule has 20 heavy (non-hydrogen) atoms. The Balaban J connectivity index is 2.39. The molecule has 106 valence electrons. The lowest BCUT2D eigenvalue weighted by Gasteiger charge is -2.13. The van der Waals surface area contributed by atoms with Gasteiger partial charge >= 0.3 is 0 Å². The zero-order valence-electron chi connectivity index (χ0n) is 11.2. The summed E-state index contributed by atoms with van der Waals surface area (Å²) in [6, 6.07) is 5.30. The van der Waals surface area contributed by atoms with Gasteiger partial charge in [0.2, 0.25) is 0 Å². The van der Waals surface area contributed by atoms with Crippen molar-refractivity contribution >= 4 is 40.5 Å². The average molecular weight is 312 g/mol. The Morgan fingerprint density at radius 2 is 1.85 bits per heavy atom. The van der Waals surface area contributed by atoms with Crippen molar-refractivity contribution in [3.05, 3.63) is 39.6 Å². The summed E-state index contributed by atoms with van der Waals surface area (Å²) < 4.78 is 0. The molecule has 2 aromatic rings. The number of aromatic nitrogens is 2. The summed E-state index contributed by atoms with van der Waals surface area (Å²) >= 11 is 11.9. The van der Waals surface area contributed by atoms with E-state index in [1.165, 1.54) is 0 Å². The van der Waals surface area contributed by atoms with Gasteiger partial charge in [0, 0.05) is 17.7 Å². The molecule has 0 amide bonds. The minimum Gasteiger partial charge on any atom is -0.340 e. The fraction of sp³-hybridized carbons (Fsp3) is 0.231. The van der Waals surface area contributed by atoms with Crippen molar-refractivity contribution in [3.8, 4) is 0 Å². The first-order valence-electron chi connectivity index (χ1n) is 6.11. The Kier molecular flexibility index (Phi) is 4.65. The Hall–Kier alpha value is -1.56. The van der Waals surface area contributed by atoms with Crippen LogP contribution < -0.4 is 16.6 Å². The number of hydrogen-bond acceptors (Lipinski definition) is 5. The third kappa shape index (κ3) is 3.12. The van der Waals surface area contributed by atoms with E-state index < -0.39 is 0 Å². The summed E-state index contributed by atoms with van der Waals surface area (Å²) in [5.41, 5.74) is 4.21. The van der Waals surface area contributed by atoms with Gasteiger partial charge in [-0.1, -0.05) is 30.1 Å². The number of nitrogens with two attached hydrogens (primary N) is 1. The second kappa shape index (κ2) is 6.26. The number of nitrogen functional groups attached to an aromatic ring is 1. The van der Waals surface area contributed by atoms with Crippen molar-refractivity contribution in [2.45, 2.75) is 20.3 Å². The number of nitrogens with zero attached hydrogens (tertiary/aromatic N) is 2. The van der Waals surface area contributed by atoms with E-state index in [1.54, 1.807) is 12.1 Å².